The lowest BCUT2D eigenvalue weighted by Gasteiger charge is -2.42. The maximum atomic E-state index is 14.0. The number of likely N-dealkylation sites (tertiary alicyclic amines) is 1. The first-order valence-corrected chi connectivity index (χ1v) is 12.0. The van der Waals surface area contributed by atoms with Crippen LogP contribution in [0, 0.1) is 5.92 Å². The summed E-state index contributed by atoms with van der Waals surface area (Å²) < 4.78 is 6.49. The van der Waals surface area contributed by atoms with Gasteiger partial charge in [-0.3, -0.25) is 14.5 Å². The Morgan fingerprint density at radius 3 is 2.32 bits per heavy atom. The minimum absolute atomic E-state index is 0.0419. The number of ether oxygens (including phenoxy) is 1. The van der Waals surface area contributed by atoms with Crippen LogP contribution in [0.15, 0.2) is 54.6 Å². The molecule has 1 heterocycles. The molecule has 3 atom stereocenters. The number of hydrogen-bond donors (Lipinski definition) is 2. The lowest BCUT2D eigenvalue weighted by Crippen LogP contribution is -2.67. The smallest absolute Gasteiger partial charge is 0.326 e. The average Bonchev–Trinajstić information content (AvgIpc) is 3.11. The Bertz CT molecular complexity index is 970. The molecule has 1 saturated heterocycles. The summed E-state index contributed by atoms with van der Waals surface area (Å²) in [5.74, 6) is 0.220. The van der Waals surface area contributed by atoms with Crippen molar-refractivity contribution in [3.63, 3.8) is 0 Å². The fraction of sp³-hybridized carbons (Fsp3) is 0.481. The number of hydrogen-bond acceptors (Lipinski definition) is 4. The van der Waals surface area contributed by atoms with Gasteiger partial charge in [0.15, 0.2) is 6.04 Å². The molecular weight excluding hydrogens is 430 g/mol. The highest BCUT2D eigenvalue weighted by Gasteiger charge is 2.58. The topological polar surface area (TPSA) is 75.6 Å². The van der Waals surface area contributed by atoms with E-state index in [1.807, 2.05) is 95.1 Å². The number of rotatable bonds is 10. The molecule has 1 aliphatic rings. The Morgan fingerprint density at radius 1 is 1.12 bits per heavy atom. The molecule has 0 saturated carbocycles. The molecule has 184 valence electrons. The van der Waals surface area contributed by atoms with Gasteiger partial charge >= 0.3 is 11.8 Å². The molecule has 0 aliphatic carbocycles. The van der Waals surface area contributed by atoms with Crippen molar-refractivity contribution in [3.05, 3.63) is 65.7 Å². The van der Waals surface area contributed by atoms with Crippen LogP contribution < -0.4 is 10.2 Å². The van der Waals surface area contributed by atoms with Crippen molar-refractivity contribution in [1.29, 1.82) is 0 Å². The first kappa shape index (κ1) is 25.9. The molecule has 3 rings (SSSR count). The van der Waals surface area contributed by atoms with Gasteiger partial charge in [-0.1, -0.05) is 56.3 Å². The molecule has 2 aromatic rings. The SMILES string of the molecule is CC(C)CC(C(=O)NO)[N@+]1(C[N+](C)(C)C)CCC(c2ccc(OCc3ccccc3)cc2)C1=O. The molecule has 34 heavy (non-hydrogen) atoms. The third kappa shape index (κ3) is 6.03. The molecule has 0 radical (unpaired) electrons. The molecule has 2 aromatic carbocycles. The minimum Gasteiger partial charge on any atom is -0.489 e. The van der Waals surface area contributed by atoms with Crippen LogP contribution in [0.2, 0.25) is 0 Å². The van der Waals surface area contributed by atoms with Crippen molar-refractivity contribution in [3.8, 4) is 5.75 Å². The molecule has 0 aromatic heterocycles. The highest BCUT2D eigenvalue weighted by molar-refractivity contribution is 5.85. The van der Waals surface area contributed by atoms with Crippen LogP contribution in [-0.4, -0.2) is 66.4 Å². The van der Waals surface area contributed by atoms with E-state index in [0.717, 1.165) is 16.9 Å². The quantitative estimate of drug-likeness (QED) is 0.316. The van der Waals surface area contributed by atoms with E-state index in [0.29, 0.717) is 37.1 Å². The van der Waals surface area contributed by atoms with Gasteiger partial charge in [-0.05, 0) is 29.2 Å². The fourth-order valence-electron chi connectivity index (χ4n) is 5.11. The van der Waals surface area contributed by atoms with Crippen LogP contribution in [0.4, 0.5) is 0 Å². The second-order valence-corrected chi connectivity index (χ2v) is 10.8. The first-order chi connectivity index (χ1) is 16.1. The summed E-state index contributed by atoms with van der Waals surface area (Å²) in [5, 5.41) is 9.48. The Labute approximate surface area is 203 Å². The molecule has 7 nitrogen and oxygen atoms in total. The van der Waals surface area contributed by atoms with E-state index < -0.39 is 11.9 Å². The van der Waals surface area contributed by atoms with Gasteiger partial charge in [0, 0.05) is 12.8 Å². The number of nitrogens with zero attached hydrogens (tertiary/aromatic N) is 2. The summed E-state index contributed by atoms with van der Waals surface area (Å²) in [5.41, 5.74) is 3.87. The van der Waals surface area contributed by atoms with Crippen molar-refractivity contribution < 1.29 is 28.5 Å². The normalized spacial score (nSPS) is 21.5. The number of benzene rings is 2. The summed E-state index contributed by atoms with van der Waals surface area (Å²) in [4.78, 5) is 26.8. The van der Waals surface area contributed by atoms with Crippen LogP contribution in [0.1, 0.15) is 43.7 Å². The summed E-state index contributed by atoms with van der Waals surface area (Å²) in [7, 11) is 6.09. The van der Waals surface area contributed by atoms with Crippen LogP contribution >= 0.6 is 0 Å². The van der Waals surface area contributed by atoms with Gasteiger partial charge in [0.05, 0.1) is 27.7 Å². The maximum Gasteiger partial charge on any atom is 0.326 e. The van der Waals surface area contributed by atoms with Crippen molar-refractivity contribution in [2.24, 2.45) is 5.92 Å². The van der Waals surface area contributed by atoms with Gasteiger partial charge in [-0.15, -0.1) is 0 Å². The van der Waals surface area contributed by atoms with Gasteiger partial charge in [0.2, 0.25) is 6.67 Å². The van der Waals surface area contributed by atoms with Gasteiger partial charge in [-0.25, -0.2) is 14.8 Å². The highest BCUT2D eigenvalue weighted by Crippen LogP contribution is 2.39. The highest BCUT2D eigenvalue weighted by atomic mass is 16.5. The van der Waals surface area contributed by atoms with Crippen LogP contribution in [0.5, 0.6) is 5.75 Å². The maximum absolute atomic E-state index is 14.0. The van der Waals surface area contributed by atoms with Crippen LogP contribution in [0.25, 0.3) is 0 Å². The lowest BCUT2D eigenvalue weighted by molar-refractivity contribution is -1.05. The molecule has 7 heteroatoms. The van der Waals surface area contributed by atoms with E-state index in [9.17, 15) is 14.8 Å². The third-order valence-electron chi connectivity index (χ3n) is 6.47. The van der Waals surface area contributed by atoms with E-state index in [-0.39, 0.29) is 22.2 Å². The van der Waals surface area contributed by atoms with Crippen LogP contribution in [-0.2, 0) is 16.2 Å². The zero-order valence-corrected chi connectivity index (χ0v) is 21.0. The van der Waals surface area contributed by atoms with Gasteiger partial charge in [0.25, 0.3) is 0 Å². The number of nitrogens with one attached hydrogen (secondary N) is 1. The zero-order chi connectivity index (χ0) is 24.9. The molecule has 0 spiro atoms. The molecule has 2 unspecified atom stereocenters. The predicted molar refractivity (Wildman–Crippen MR) is 131 cm³/mol. The minimum atomic E-state index is -0.631. The van der Waals surface area contributed by atoms with E-state index in [4.69, 9.17) is 4.74 Å². The first-order valence-electron chi connectivity index (χ1n) is 12.0. The summed E-state index contributed by atoms with van der Waals surface area (Å²) in [6.45, 7) is 5.60. The molecule has 0 bridgehead atoms. The van der Waals surface area contributed by atoms with E-state index in [1.165, 1.54) is 0 Å². The lowest BCUT2D eigenvalue weighted by atomic mass is 9.96. The second-order valence-electron chi connectivity index (χ2n) is 10.8. The van der Waals surface area contributed by atoms with Crippen LogP contribution in [0.3, 0.4) is 0 Å². The number of amides is 2. The fourth-order valence-corrected chi connectivity index (χ4v) is 5.11. The Balaban J connectivity index is 1.83. The van der Waals surface area contributed by atoms with Gasteiger partial charge < -0.3 is 4.74 Å². The second kappa shape index (κ2) is 10.7. The largest absolute Gasteiger partial charge is 0.489 e. The Morgan fingerprint density at radius 2 is 1.76 bits per heavy atom. The van der Waals surface area contributed by atoms with Crippen molar-refractivity contribution in [2.45, 2.75) is 45.3 Å². The molecular formula is C27H39N3O4+2. The number of quaternary nitrogens is 2. The number of carbonyl (C=O) groups is 2. The number of carbonyl (C=O) groups excluding carboxylic acids is 2. The zero-order valence-electron chi connectivity index (χ0n) is 21.0. The van der Waals surface area contributed by atoms with Crippen molar-refractivity contribution in [2.75, 3.05) is 34.4 Å². The van der Waals surface area contributed by atoms with Crippen molar-refractivity contribution >= 4 is 11.8 Å². The summed E-state index contributed by atoms with van der Waals surface area (Å²) in [6.07, 6.45) is 1.19. The standard InChI is InChI=1S/C27H38N3O4/c1-20(2)17-25(26(31)28-33)30(19-29(3,4)5)16-15-24(27(30)32)22-11-13-23(14-12-22)34-18-21-9-7-6-8-10-21/h6-14,20,24-25H,15-19H2,1-5H3,(H-,28,31,33)/q+1/p+1/t24?,25?,30-/m1/s1. The van der Waals surface area contributed by atoms with Crippen molar-refractivity contribution in [1.82, 2.24) is 5.48 Å². The Kier molecular flexibility index (Phi) is 8.13. The molecule has 1 aliphatic heterocycles. The summed E-state index contributed by atoms with van der Waals surface area (Å²) in [6, 6.07) is 17.1. The predicted octanol–water partition coefficient (Wildman–Crippen LogP) is 3.68. The van der Waals surface area contributed by atoms with Gasteiger partial charge in [-0.2, -0.15) is 0 Å². The average molecular weight is 470 g/mol. The Hall–Kier alpha value is -2.74. The molecule has 1 fully saturated rings. The van der Waals surface area contributed by atoms with E-state index >= 15 is 0 Å². The monoisotopic (exact) mass is 469 g/mol. The number of hydroxylamine groups is 1. The summed E-state index contributed by atoms with van der Waals surface area (Å²) >= 11 is 0. The molecule has 2 amide bonds. The third-order valence-corrected chi connectivity index (χ3v) is 6.47. The molecule has 2 N–H and O–H groups in total. The van der Waals surface area contributed by atoms with E-state index in [2.05, 4.69) is 0 Å². The van der Waals surface area contributed by atoms with E-state index in [1.54, 1.807) is 0 Å². The van der Waals surface area contributed by atoms with Gasteiger partial charge in [0.1, 0.15) is 18.3 Å².